The number of hydrogen-bond donors (Lipinski definition) is 0. The number of fused-ring (bicyclic) bond motifs is 8. The van der Waals surface area contributed by atoms with Crippen LogP contribution in [0.4, 0.5) is 0 Å². The van der Waals surface area contributed by atoms with Gasteiger partial charge in [0.2, 0.25) is 5.95 Å². The number of benzene rings is 8. The van der Waals surface area contributed by atoms with Crippen LogP contribution in [0.25, 0.3) is 111 Å². The van der Waals surface area contributed by atoms with Gasteiger partial charge in [-0.3, -0.25) is 4.57 Å². The van der Waals surface area contributed by atoms with E-state index in [1.807, 2.05) is 60.7 Å². The third-order valence-electron chi connectivity index (χ3n) is 11.1. The summed E-state index contributed by atoms with van der Waals surface area (Å²) >= 11 is 0. The van der Waals surface area contributed by atoms with Crippen molar-refractivity contribution in [3.63, 3.8) is 0 Å². The van der Waals surface area contributed by atoms with E-state index in [0.29, 0.717) is 17.6 Å². The minimum atomic E-state index is 0.590. The quantitative estimate of drug-likeness (QED) is 0.137. The van der Waals surface area contributed by atoms with Crippen LogP contribution in [0.3, 0.4) is 0 Å². The van der Waals surface area contributed by atoms with Crippen molar-refractivity contribution in [1.82, 2.24) is 23.9 Å². The molecule has 8 aromatic carbocycles. The molecule has 0 aliphatic heterocycles. The summed E-state index contributed by atoms with van der Waals surface area (Å²) < 4.78 is 4.66. The minimum absolute atomic E-state index is 0.590. The van der Waals surface area contributed by atoms with Crippen LogP contribution in [0.1, 0.15) is 0 Å². The molecule has 5 heteroatoms. The molecule has 54 heavy (non-hydrogen) atoms. The van der Waals surface area contributed by atoms with Crippen molar-refractivity contribution >= 4 is 70.7 Å². The van der Waals surface area contributed by atoms with Crippen LogP contribution in [0.15, 0.2) is 176 Å². The molecule has 0 fully saturated rings. The predicted molar refractivity (Wildman–Crippen MR) is 223 cm³/mol. The lowest BCUT2D eigenvalue weighted by Crippen LogP contribution is -2.06. The van der Waals surface area contributed by atoms with Crippen molar-refractivity contribution in [2.75, 3.05) is 0 Å². The Bertz CT molecular complexity index is 3370. The molecule has 0 bridgehead atoms. The second-order valence-corrected chi connectivity index (χ2v) is 14.0. The standard InChI is InChI=1S/C49H29N5/c1-3-13-30(14-4-1)47-50-48(31-15-5-2-6-16-31)52-49(51-47)54-42-24-10-8-18-35(42)40-29-32(25-27-43(40)54)33-26-28-44-45-36(33)19-11-20-37(45)39-22-12-21-38-34-17-7-9-23-41(34)53(44)46(38)39/h1-29H. The third kappa shape index (κ3) is 4.06. The first kappa shape index (κ1) is 29.2. The van der Waals surface area contributed by atoms with E-state index in [1.165, 1.54) is 60.0 Å². The fourth-order valence-electron chi connectivity index (χ4n) is 8.79. The Morgan fingerprint density at radius 3 is 1.59 bits per heavy atom. The van der Waals surface area contributed by atoms with Gasteiger partial charge in [-0.05, 0) is 52.2 Å². The SMILES string of the molecule is c1ccc(-c2nc(-c3ccccc3)nc(-n3c4ccccc4c4cc(-c5ccc6c7c5cccc7c5cccc7c8ccccc8n6c57)ccc43)n2)cc1. The molecule has 5 nitrogen and oxygen atoms in total. The molecule has 0 atom stereocenters. The maximum Gasteiger partial charge on any atom is 0.238 e. The first-order valence-corrected chi connectivity index (χ1v) is 18.3. The van der Waals surface area contributed by atoms with Gasteiger partial charge in [-0.2, -0.15) is 9.97 Å². The highest BCUT2D eigenvalue weighted by atomic mass is 15.2. The zero-order valence-corrected chi connectivity index (χ0v) is 29.0. The number of nitrogens with zero attached hydrogens (tertiary/aromatic N) is 5. The Balaban J connectivity index is 1.11. The lowest BCUT2D eigenvalue weighted by atomic mass is 9.93. The maximum absolute atomic E-state index is 5.12. The minimum Gasteiger partial charge on any atom is -0.308 e. The lowest BCUT2D eigenvalue weighted by molar-refractivity contribution is 0.953. The summed E-state index contributed by atoms with van der Waals surface area (Å²) in [5.74, 6) is 1.87. The molecule has 0 radical (unpaired) electrons. The number of hydrogen-bond acceptors (Lipinski definition) is 3. The van der Waals surface area contributed by atoms with Crippen LogP contribution >= 0.6 is 0 Å². The summed E-state index contributed by atoms with van der Waals surface area (Å²) in [5.41, 5.74) is 10.1. The van der Waals surface area contributed by atoms with E-state index in [-0.39, 0.29) is 0 Å². The van der Waals surface area contributed by atoms with E-state index in [9.17, 15) is 0 Å². The molecule has 0 saturated carbocycles. The molecule has 0 aliphatic rings. The van der Waals surface area contributed by atoms with Gasteiger partial charge in [0, 0.05) is 43.4 Å². The molecule has 250 valence electrons. The highest BCUT2D eigenvalue weighted by molar-refractivity contribution is 6.28. The molecule has 0 N–H and O–H groups in total. The Hall–Kier alpha value is -7.37. The molecule has 4 aromatic heterocycles. The summed E-state index contributed by atoms with van der Waals surface area (Å²) in [7, 11) is 0. The van der Waals surface area contributed by atoms with Crippen LogP contribution < -0.4 is 0 Å². The van der Waals surface area contributed by atoms with E-state index in [2.05, 4.69) is 124 Å². The molecule has 0 saturated heterocycles. The van der Waals surface area contributed by atoms with Crippen molar-refractivity contribution in [3.05, 3.63) is 176 Å². The van der Waals surface area contributed by atoms with E-state index in [1.54, 1.807) is 0 Å². The van der Waals surface area contributed by atoms with Crippen molar-refractivity contribution in [2.24, 2.45) is 0 Å². The summed E-state index contributed by atoms with van der Waals surface area (Å²) in [4.78, 5) is 15.2. The van der Waals surface area contributed by atoms with Gasteiger partial charge < -0.3 is 4.40 Å². The fraction of sp³-hybridized carbons (Fsp3) is 0. The highest BCUT2D eigenvalue weighted by Gasteiger charge is 2.21. The topological polar surface area (TPSA) is 48.0 Å². The monoisotopic (exact) mass is 687 g/mol. The van der Waals surface area contributed by atoms with Crippen LogP contribution in [0, 0.1) is 0 Å². The average Bonchev–Trinajstić information content (AvgIpc) is 3.76. The predicted octanol–water partition coefficient (Wildman–Crippen LogP) is 12.3. The third-order valence-corrected chi connectivity index (χ3v) is 11.1. The van der Waals surface area contributed by atoms with E-state index < -0.39 is 0 Å². The zero-order chi connectivity index (χ0) is 35.3. The molecule has 12 aromatic rings. The van der Waals surface area contributed by atoms with E-state index >= 15 is 0 Å². The summed E-state index contributed by atoms with van der Waals surface area (Å²) in [5, 5.41) is 9.95. The first-order chi connectivity index (χ1) is 26.8. The number of pyridine rings is 1. The summed E-state index contributed by atoms with van der Waals surface area (Å²) in [6.45, 7) is 0. The lowest BCUT2D eigenvalue weighted by Gasteiger charge is -2.16. The van der Waals surface area contributed by atoms with Gasteiger partial charge >= 0.3 is 0 Å². The van der Waals surface area contributed by atoms with Crippen molar-refractivity contribution in [1.29, 1.82) is 0 Å². The van der Waals surface area contributed by atoms with Gasteiger partial charge in [0.05, 0.1) is 27.6 Å². The van der Waals surface area contributed by atoms with E-state index in [0.717, 1.165) is 32.9 Å². The average molecular weight is 688 g/mol. The molecule has 4 heterocycles. The normalized spacial score (nSPS) is 12.1. The Labute approximate surface area is 309 Å². The van der Waals surface area contributed by atoms with Crippen molar-refractivity contribution < 1.29 is 0 Å². The second kappa shape index (κ2) is 11.1. The highest BCUT2D eigenvalue weighted by Crippen LogP contribution is 2.44. The largest absolute Gasteiger partial charge is 0.308 e. The Morgan fingerprint density at radius 2 is 0.870 bits per heavy atom. The molecule has 0 spiro atoms. The van der Waals surface area contributed by atoms with Crippen LogP contribution in [0.2, 0.25) is 0 Å². The van der Waals surface area contributed by atoms with Crippen LogP contribution in [-0.2, 0) is 0 Å². The smallest absolute Gasteiger partial charge is 0.238 e. The molecule has 0 unspecified atom stereocenters. The number of aromatic nitrogens is 5. The maximum atomic E-state index is 5.12. The van der Waals surface area contributed by atoms with Gasteiger partial charge in [-0.25, -0.2) is 4.98 Å². The van der Waals surface area contributed by atoms with Gasteiger partial charge in [0.25, 0.3) is 0 Å². The van der Waals surface area contributed by atoms with Crippen molar-refractivity contribution in [3.8, 4) is 39.9 Å². The van der Waals surface area contributed by atoms with Crippen LogP contribution in [0.5, 0.6) is 0 Å². The summed E-state index contributed by atoms with van der Waals surface area (Å²) in [6, 6.07) is 62.6. The number of para-hydroxylation sites is 3. The molecule has 12 rings (SSSR count). The van der Waals surface area contributed by atoms with Gasteiger partial charge in [0.1, 0.15) is 0 Å². The second-order valence-electron chi connectivity index (χ2n) is 14.0. The molecular weight excluding hydrogens is 659 g/mol. The van der Waals surface area contributed by atoms with Gasteiger partial charge in [0.15, 0.2) is 11.6 Å². The molecule has 0 aliphatic carbocycles. The van der Waals surface area contributed by atoms with Crippen molar-refractivity contribution in [2.45, 2.75) is 0 Å². The Morgan fingerprint density at radius 1 is 0.333 bits per heavy atom. The first-order valence-electron chi connectivity index (χ1n) is 18.3. The Kier molecular flexibility index (Phi) is 5.99. The summed E-state index contributed by atoms with van der Waals surface area (Å²) in [6.07, 6.45) is 0. The van der Waals surface area contributed by atoms with Gasteiger partial charge in [-0.15, -0.1) is 0 Å². The van der Waals surface area contributed by atoms with Crippen LogP contribution in [-0.4, -0.2) is 23.9 Å². The number of rotatable bonds is 4. The van der Waals surface area contributed by atoms with E-state index in [4.69, 9.17) is 15.0 Å². The molecule has 0 amide bonds. The van der Waals surface area contributed by atoms with Gasteiger partial charge in [-0.1, -0.05) is 146 Å². The molecular formula is C49H29N5. The fourth-order valence-corrected chi connectivity index (χ4v) is 8.79. The zero-order valence-electron chi connectivity index (χ0n) is 29.0.